The maximum Gasteiger partial charge on any atom is 0.390 e. The summed E-state index contributed by atoms with van der Waals surface area (Å²) in [6.45, 7) is 0.975. The summed E-state index contributed by atoms with van der Waals surface area (Å²) in [7, 11) is 0. The van der Waals surface area contributed by atoms with E-state index in [0.717, 1.165) is 0 Å². The lowest BCUT2D eigenvalue weighted by Crippen LogP contribution is -2.48. The van der Waals surface area contributed by atoms with Crippen LogP contribution in [0.25, 0.3) is 0 Å². The average Bonchev–Trinajstić information content (AvgIpc) is 2.21. The van der Waals surface area contributed by atoms with Crippen molar-refractivity contribution in [2.45, 2.75) is 24.7 Å². The Morgan fingerprint density at radius 2 is 1.88 bits per heavy atom. The van der Waals surface area contributed by atoms with Gasteiger partial charge in [0.2, 0.25) is 0 Å². The molecule has 0 bridgehead atoms. The Labute approximate surface area is 97.8 Å². The first-order chi connectivity index (χ1) is 8.04. The second kappa shape index (κ2) is 5.06. The van der Waals surface area contributed by atoms with Crippen LogP contribution in [0.3, 0.4) is 0 Å². The predicted octanol–water partition coefficient (Wildman–Crippen LogP) is 2.67. The minimum absolute atomic E-state index is 0.0301. The van der Waals surface area contributed by atoms with Crippen LogP contribution in [-0.2, 0) is 4.74 Å². The number of hydrogen-bond donors (Lipinski definition) is 1. The zero-order valence-electron chi connectivity index (χ0n) is 9.20. The smallest absolute Gasteiger partial charge is 0.378 e. The summed E-state index contributed by atoms with van der Waals surface area (Å²) in [6, 6.07) is 8.05. The molecule has 1 saturated heterocycles. The lowest BCUT2D eigenvalue weighted by atomic mass is 10.0. The Hall–Kier alpha value is -1.07. The van der Waals surface area contributed by atoms with Gasteiger partial charge in [0.15, 0.2) is 0 Å². The van der Waals surface area contributed by atoms with Gasteiger partial charge in [-0.2, -0.15) is 13.2 Å². The van der Waals surface area contributed by atoms with E-state index in [-0.39, 0.29) is 6.04 Å². The van der Waals surface area contributed by atoms with Gasteiger partial charge in [-0.05, 0) is 5.56 Å². The summed E-state index contributed by atoms with van der Waals surface area (Å²) in [4.78, 5) is 0. The van der Waals surface area contributed by atoms with Crippen LogP contribution in [0.15, 0.2) is 30.3 Å². The predicted molar refractivity (Wildman–Crippen MR) is 57.6 cm³/mol. The highest BCUT2D eigenvalue weighted by molar-refractivity contribution is 5.19. The molecule has 0 spiro atoms. The summed E-state index contributed by atoms with van der Waals surface area (Å²) in [5, 5.41) is 2.98. The van der Waals surface area contributed by atoms with Gasteiger partial charge in [-0.3, -0.25) is 0 Å². The number of hydrogen-bond acceptors (Lipinski definition) is 2. The zero-order valence-corrected chi connectivity index (χ0v) is 9.20. The summed E-state index contributed by atoms with van der Waals surface area (Å²) < 4.78 is 42.4. The maximum atomic E-state index is 12.5. The molecule has 0 aliphatic carbocycles. The molecular formula is C12H14F3NO. The summed E-state index contributed by atoms with van der Waals surface area (Å²) in [5.41, 5.74) is 0.664. The Kier molecular flexibility index (Phi) is 3.69. The van der Waals surface area contributed by atoms with E-state index < -0.39 is 18.6 Å². The van der Waals surface area contributed by atoms with Crippen molar-refractivity contribution in [2.75, 3.05) is 13.2 Å². The monoisotopic (exact) mass is 245 g/mol. The van der Waals surface area contributed by atoms with Crippen LogP contribution in [-0.4, -0.2) is 25.4 Å². The Morgan fingerprint density at radius 1 is 1.24 bits per heavy atom. The van der Waals surface area contributed by atoms with Crippen molar-refractivity contribution in [3.63, 3.8) is 0 Å². The van der Waals surface area contributed by atoms with Crippen molar-refractivity contribution in [2.24, 2.45) is 0 Å². The van der Waals surface area contributed by atoms with Crippen LogP contribution in [0.1, 0.15) is 18.0 Å². The maximum absolute atomic E-state index is 12.5. The topological polar surface area (TPSA) is 21.3 Å². The number of nitrogens with one attached hydrogen (secondary N) is 1. The van der Waals surface area contributed by atoms with E-state index in [1.54, 1.807) is 30.3 Å². The van der Waals surface area contributed by atoms with Gasteiger partial charge in [0.25, 0.3) is 0 Å². The molecule has 1 aromatic rings. The van der Waals surface area contributed by atoms with Crippen LogP contribution in [0.5, 0.6) is 0 Å². The molecule has 2 rings (SSSR count). The first kappa shape index (κ1) is 12.4. The quantitative estimate of drug-likeness (QED) is 0.880. The third-order valence-corrected chi connectivity index (χ3v) is 2.71. The Morgan fingerprint density at radius 3 is 2.35 bits per heavy atom. The van der Waals surface area contributed by atoms with Crippen LogP contribution < -0.4 is 5.32 Å². The minimum atomic E-state index is -4.17. The van der Waals surface area contributed by atoms with E-state index in [4.69, 9.17) is 4.74 Å². The minimum Gasteiger partial charge on any atom is -0.378 e. The van der Waals surface area contributed by atoms with Gasteiger partial charge in [0, 0.05) is 6.04 Å². The second-order valence-corrected chi connectivity index (χ2v) is 4.18. The molecule has 0 saturated carbocycles. The fourth-order valence-electron chi connectivity index (χ4n) is 1.81. The highest BCUT2D eigenvalue weighted by Crippen LogP contribution is 2.30. The molecule has 17 heavy (non-hydrogen) atoms. The van der Waals surface area contributed by atoms with Crippen molar-refractivity contribution in [1.82, 2.24) is 5.32 Å². The van der Waals surface area contributed by atoms with Crippen molar-refractivity contribution in [1.29, 1.82) is 0 Å². The molecule has 0 radical (unpaired) electrons. The first-order valence-electron chi connectivity index (χ1n) is 5.50. The first-order valence-corrected chi connectivity index (χ1v) is 5.50. The van der Waals surface area contributed by atoms with Crippen LogP contribution in [0.4, 0.5) is 13.2 Å². The van der Waals surface area contributed by atoms with Crippen LogP contribution in [0.2, 0.25) is 0 Å². The van der Waals surface area contributed by atoms with E-state index in [2.05, 4.69) is 5.32 Å². The van der Waals surface area contributed by atoms with E-state index in [1.165, 1.54) is 0 Å². The van der Waals surface area contributed by atoms with Crippen molar-refractivity contribution in [3.05, 3.63) is 35.9 Å². The van der Waals surface area contributed by atoms with Crippen molar-refractivity contribution in [3.8, 4) is 0 Å². The Balaban J connectivity index is 2.06. The molecule has 1 heterocycles. The molecule has 1 aromatic carbocycles. The van der Waals surface area contributed by atoms with Gasteiger partial charge in [0.05, 0.1) is 25.7 Å². The average molecular weight is 245 g/mol. The molecule has 1 unspecified atom stereocenters. The summed E-state index contributed by atoms with van der Waals surface area (Å²) in [5.74, 6) is 0. The van der Waals surface area contributed by atoms with Crippen LogP contribution >= 0.6 is 0 Å². The van der Waals surface area contributed by atoms with Gasteiger partial charge < -0.3 is 10.1 Å². The normalized spacial score (nSPS) is 18.8. The van der Waals surface area contributed by atoms with Crippen LogP contribution in [0, 0.1) is 0 Å². The number of benzene rings is 1. The van der Waals surface area contributed by atoms with E-state index in [1.807, 2.05) is 0 Å². The van der Waals surface area contributed by atoms with Crippen molar-refractivity contribution >= 4 is 0 Å². The highest BCUT2D eigenvalue weighted by atomic mass is 19.4. The third kappa shape index (κ3) is 3.71. The summed E-state index contributed by atoms with van der Waals surface area (Å²) in [6.07, 6.45) is -5.02. The molecule has 1 fully saturated rings. The Bertz CT molecular complexity index is 349. The van der Waals surface area contributed by atoms with E-state index in [9.17, 15) is 13.2 Å². The fraction of sp³-hybridized carbons (Fsp3) is 0.500. The molecule has 2 nitrogen and oxygen atoms in total. The van der Waals surface area contributed by atoms with Crippen molar-refractivity contribution < 1.29 is 17.9 Å². The van der Waals surface area contributed by atoms with Gasteiger partial charge >= 0.3 is 6.18 Å². The molecule has 1 aliphatic heterocycles. The lowest BCUT2D eigenvalue weighted by molar-refractivity contribution is -0.143. The number of rotatable bonds is 4. The number of ether oxygens (including phenoxy) is 1. The third-order valence-electron chi connectivity index (χ3n) is 2.71. The number of alkyl halides is 3. The lowest BCUT2D eigenvalue weighted by Gasteiger charge is -2.32. The van der Waals surface area contributed by atoms with Gasteiger partial charge in [-0.15, -0.1) is 0 Å². The number of halogens is 3. The molecule has 1 aliphatic rings. The highest BCUT2D eigenvalue weighted by Gasteiger charge is 2.34. The molecule has 94 valence electrons. The van der Waals surface area contributed by atoms with Gasteiger partial charge in [0.1, 0.15) is 0 Å². The summed E-state index contributed by atoms with van der Waals surface area (Å²) >= 11 is 0. The van der Waals surface area contributed by atoms with Gasteiger partial charge in [-0.25, -0.2) is 0 Å². The van der Waals surface area contributed by atoms with Gasteiger partial charge in [-0.1, -0.05) is 30.3 Å². The largest absolute Gasteiger partial charge is 0.390 e. The molecule has 1 atom stereocenters. The molecule has 0 amide bonds. The fourth-order valence-corrected chi connectivity index (χ4v) is 1.81. The van der Waals surface area contributed by atoms with E-state index in [0.29, 0.717) is 18.8 Å². The zero-order chi connectivity index (χ0) is 12.3. The SMILES string of the molecule is FC(F)(F)CC(NC1COC1)c1ccccc1. The van der Waals surface area contributed by atoms with E-state index >= 15 is 0 Å². The molecule has 0 aromatic heterocycles. The second-order valence-electron chi connectivity index (χ2n) is 4.18. The molecule has 1 N–H and O–H groups in total. The standard InChI is InChI=1S/C12H14F3NO/c13-12(14,15)6-11(16-10-7-17-8-10)9-4-2-1-3-5-9/h1-5,10-11,16H,6-8H2. The molecule has 5 heteroatoms. The molecular weight excluding hydrogens is 231 g/mol.